The van der Waals surface area contributed by atoms with Gasteiger partial charge >= 0.3 is 0 Å². The molecule has 0 fully saturated rings. The number of hydrogen-bond donors (Lipinski definition) is 4. The summed E-state index contributed by atoms with van der Waals surface area (Å²) in [6.07, 6.45) is 1.87. The lowest BCUT2D eigenvalue weighted by atomic mass is 9.91. The van der Waals surface area contributed by atoms with Gasteiger partial charge in [0, 0.05) is 49.5 Å². The Bertz CT molecular complexity index is 1140. The Morgan fingerprint density at radius 3 is 2.46 bits per heavy atom. The summed E-state index contributed by atoms with van der Waals surface area (Å²) in [5.41, 5.74) is 3.84. The van der Waals surface area contributed by atoms with Gasteiger partial charge in [-0.15, -0.1) is 0 Å². The molecule has 0 saturated carbocycles. The van der Waals surface area contributed by atoms with E-state index in [0.29, 0.717) is 42.2 Å². The van der Waals surface area contributed by atoms with Gasteiger partial charge in [-0.1, -0.05) is 24.3 Å². The van der Waals surface area contributed by atoms with Crippen LogP contribution in [0.2, 0.25) is 0 Å². The predicted octanol–water partition coefficient (Wildman–Crippen LogP) is 2.76. The predicted molar refractivity (Wildman–Crippen MR) is 134 cm³/mol. The van der Waals surface area contributed by atoms with E-state index in [1.165, 1.54) is 12.1 Å². The van der Waals surface area contributed by atoms with E-state index in [1.807, 2.05) is 37.0 Å². The Labute approximate surface area is 204 Å². The molecule has 4 rings (SSSR count). The van der Waals surface area contributed by atoms with Crippen molar-refractivity contribution in [2.24, 2.45) is 0 Å². The number of aliphatic hydroxyl groups excluding tert-OH is 2. The van der Waals surface area contributed by atoms with Crippen molar-refractivity contribution in [3.8, 4) is 0 Å². The van der Waals surface area contributed by atoms with Crippen LogP contribution in [0.1, 0.15) is 30.5 Å². The third-order valence-corrected chi connectivity index (χ3v) is 6.29. The van der Waals surface area contributed by atoms with Crippen LogP contribution >= 0.6 is 0 Å². The first-order valence-electron chi connectivity index (χ1n) is 11.8. The SMILES string of the molecule is CC1(C)OC(=C2C(=O)Nc3ccc(F)cc32)C=C1c1ccc(CNCCN(CCO)CCO)cc1. The van der Waals surface area contributed by atoms with Crippen molar-refractivity contribution in [1.82, 2.24) is 10.2 Å². The van der Waals surface area contributed by atoms with Crippen LogP contribution in [0.25, 0.3) is 11.1 Å². The van der Waals surface area contributed by atoms with Crippen molar-refractivity contribution in [3.63, 3.8) is 0 Å². The molecule has 0 aliphatic carbocycles. The minimum Gasteiger partial charge on any atom is -0.482 e. The van der Waals surface area contributed by atoms with Crippen LogP contribution in [-0.2, 0) is 16.1 Å². The topological polar surface area (TPSA) is 94.1 Å². The number of ether oxygens (including phenoxy) is 1. The molecular formula is C27H32FN3O4. The summed E-state index contributed by atoms with van der Waals surface area (Å²) in [6, 6.07) is 12.4. The Balaban J connectivity index is 1.46. The van der Waals surface area contributed by atoms with Gasteiger partial charge in [0.15, 0.2) is 0 Å². The van der Waals surface area contributed by atoms with Gasteiger partial charge in [-0.3, -0.25) is 9.69 Å². The molecule has 2 aliphatic rings. The van der Waals surface area contributed by atoms with Gasteiger partial charge in [0.05, 0.1) is 18.8 Å². The van der Waals surface area contributed by atoms with Gasteiger partial charge < -0.3 is 25.6 Å². The Hall–Kier alpha value is -3.04. The van der Waals surface area contributed by atoms with Gasteiger partial charge in [0.1, 0.15) is 17.2 Å². The molecule has 2 aromatic rings. The molecule has 0 aromatic heterocycles. The van der Waals surface area contributed by atoms with E-state index < -0.39 is 11.4 Å². The fraction of sp³-hybridized carbons (Fsp3) is 0.370. The van der Waals surface area contributed by atoms with Gasteiger partial charge in [-0.25, -0.2) is 4.39 Å². The second-order valence-electron chi connectivity index (χ2n) is 9.22. The zero-order valence-corrected chi connectivity index (χ0v) is 20.1. The molecule has 2 aliphatic heterocycles. The van der Waals surface area contributed by atoms with Crippen molar-refractivity contribution in [2.45, 2.75) is 26.0 Å². The molecule has 0 unspecified atom stereocenters. The molecule has 0 atom stereocenters. The summed E-state index contributed by atoms with van der Waals surface area (Å²) in [5.74, 6) is -0.265. The molecule has 4 N–H and O–H groups in total. The smallest absolute Gasteiger partial charge is 0.260 e. The van der Waals surface area contributed by atoms with E-state index in [9.17, 15) is 9.18 Å². The molecule has 2 heterocycles. The Kier molecular flexibility index (Phi) is 7.66. The van der Waals surface area contributed by atoms with Gasteiger partial charge in [-0.2, -0.15) is 0 Å². The third kappa shape index (κ3) is 5.62. The number of fused-ring (bicyclic) bond motifs is 1. The molecule has 0 radical (unpaired) electrons. The highest BCUT2D eigenvalue weighted by Gasteiger charge is 2.38. The van der Waals surface area contributed by atoms with Crippen molar-refractivity contribution in [1.29, 1.82) is 0 Å². The maximum absolute atomic E-state index is 13.9. The molecule has 186 valence electrons. The minimum absolute atomic E-state index is 0.0733. The average Bonchev–Trinajstić information content (AvgIpc) is 3.31. The molecule has 1 amide bonds. The van der Waals surface area contributed by atoms with Gasteiger partial charge in [-0.05, 0) is 49.2 Å². The highest BCUT2D eigenvalue weighted by atomic mass is 19.1. The number of rotatable bonds is 10. The second kappa shape index (κ2) is 10.7. The van der Waals surface area contributed by atoms with Crippen molar-refractivity contribution >= 4 is 22.7 Å². The quantitative estimate of drug-likeness (QED) is 0.308. The summed E-state index contributed by atoms with van der Waals surface area (Å²) < 4.78 is 20.0. The maximum Gasteiger partial charge on any atom is 0.260 e. The highest BCUT2D eigenvalue weighted by molar-refractivity contribution is 6.32. The number of carbonyl (C=O) groups is 1. The standard InChI is InChI=1S/C27H32FN3O4/c1-27(2)22(16-24(35-27)25-21-15-20(28)7-8-23(21)30-26(25)34)19-5-3-18(4-6-19)17-29-9-10-31(11-13-32)12-14-33/h3-8,15-16,29,32-33H,9-14,17H2,1-2H3,(H,30,34). The molecule has 2 aromatic carbocycles. The van der Waals surface area contributed by atoms with Crippen molar-refractivity contribution in [3.05, 3.63) is 76.8 Å². The summed E-state index contributed by atoms with van der Waals surface area (Å²) in [4.78, 5) is 14.6. The molecule has 0 spiro atoms. The lowest BCUT2D eigenvalue weighted by molar-refractivity contribution is -0.111. The number of allylic oxidation sites excluding steroid dienone is 1. The van der Waals surface area contributed by atoms with Crippen LogP contribution in [-0.4, -0.2) is 66.0 Å². The molecule has 0 bridgehead atoms. The normalized spacial score (nSPS) is 18.5. The zero-order valence-electron chi connectivity index (χ0n) is 20.1. The van der Waals surface area contributed by atoms with Crippen LogP contribution in [0.15, 0.2) is 54.3 Å². The lowest BCUT2D eigenvalue weighted by Crippen LogP contribution is -2.35. The zero-order chi connectivity index (χ0) is 25.0. The Morgan fingerprint density at radius 1 is 1.06 bits per heavy atom. The van der Waals surface area contributed by atoms with Crippen molar-refractivity contribution < 1.29 is 24.1 Å². The number of benzene rings is 2. The fourth-order valence-corrected chi connectivity index (χ4v) is 4.49. The highest BCUT2D eigenvalue weighted by Crippen LogP contribution is 2.44. The molecule has 35 heavy (non-hydrogen) atoms. The third-order valence-electron chi connectivity index (χ3n) is 6.29. The summed E-state index contributed by atoms with van der Waals surface area (Å²) in [7, 11) is 0. The minimum atomic E-state index is -0.651. The van der Waals surface area contributed by atoms with E-state index in [4.69, 9.17) is 14.9 Å². The molecular weight excluding hydrogens is 449 g/mol. The van der Waals surface area contributed by atoms with Gasteiger partial charge in [0.2, 0.25) is 0 Å². The van der Waals surface area contributed by atoms with Gasteiger partial charge in [0.25, 0.3) is 5.91 Å². The van der Waals surface area contributed by atoms with Crippen LogP contribution in [0.3, 0.4) is 0 Å². The summed E-state index contributed by atoms with van der Waals surface area (Å²) in [6.45, 7) is 7.33. The number of hydrogen-bond acceptors (Lipinski definition) is 6. The largest absolute Gasteiger partial charge is 0.482 e. The number of anilines is 1. The fourth-order valence-electron chi connectivity index (χ4n) is 4.49. The van der Waals surface area contributed by atoms with Crippen LogP contribution in [0, 0.1) is 5.82 Å². The molecule has 7 nitrogen and oxygen atoms in total. The second-order valence-corrected chi connectivity index (χ2v) is 9.22. The monoisotopic (exact) mass is 481 g/mol. The number of amides is 1. The summed E-state index contributed by atoms with van der Waals surface area (Å²) >= 11 is 0. The number of aliphatic hydroxyl groups is 2. The van der Waals surface area contributed by atoms with Crippen LogP contribution < -0.4 is 10.6 Å². The first-order chi connectivity index (χ1) is 16.8. The maximum atomic E-state index is 13.9. The molecule has 0 saturated heterocycles. The summed E-state index contributed by atoms with van der Waals surface area (Å²) in [5, 5.41) is 24.4. The van der Waals surface area contributed by atoms with E-state index in [1.54, 1.807) is 6.07 Å². The Morgan fingerprint density at radius 2 is 1.77 bits per heavy atom. The number of nitrogens with one attached hydrogen (secondary N) is 2. The average molecular weight is 482 g/mol. The first-order valence-corrected chi connectivity index (χ1v) is 11.8. The van der Waals surface area contributed by atoms with E-state index >= 15 is 0 Å². The van der Waals surface area contributed by atoms with Crippen molar-refractivity contribution in [2.75, 3.05) is 44.7 Å². The molecule has 8 heteroatoms. The lowest BCUT2D eigenvalue weighted by Gasteiger charge is -2.23. The van der Waals surface area contributed by atoms with E-state index in [0.717, 1.165) is 29.8 Å². The van der Waals surface area contributed by atoms with E-state index in [-0.39, 0.29) is 19.1 Å². The number of nitrogens with zero attached hydrogens (tertiary/aromatic N) is 1. The first kappa shape index (κ1) is 25.1. The van der Waals surface area contributed by atoms with Crippen LogP contribution in [0.5, 0.6) is 0 Å². The van der Waals surface area contributed by atoms with E-state index in [2.05, 4.69) is 22.8 Å². The van der Waals surface area contributed by atoms with Crippen LogP contribution in [0.4, 0.5) is 10.1 Å². The number of carbonyl (C=O) groups excluding carboxylic acids is 1. The number of halogens is 1.